The molecule has 0 saturated heterocycles. The second-order valence-corrected chi connectivity index (χ2v) is 9.36. The Labute approximate surface area is 191 Å². The highest BCUT2D eigenvalue weighted by atomic mass is 79.9. The summed E-state index contributed by atoms with van der Waals surface area (Å²) in [7, 11) is 0. The number of thioether (sulfide) groups is 1. The number of nitrogens with one attached hydrogen (secondary N) is 1. The molecule has 3 heterocycles. The monoisotopic (exact) mass is 494 g/mol. The van der Waals surface area contributed by atoms with Crippen LogP contribution in [-0.2, 0) is 0 Å². The smallest absolute Gasteiger partial charge is 0.281 e. The van der Waals surface area contributed by atoms with Crippen LogP contribution < -0.4 is 15.6 Å². The van der Waals surface area contributed by atoms with E-state index in [2.05, 4.69) is 31.3 Å². The van der Waals surface area contributed by atoms with Gasteiger partial charge in [0.15, 0.2) is 0 Å². The minimum absolute atomic E-state index is 0.0214. The van der Waals surface area contributed by atoms with E-state index in [0.29, 0.717) is 22.5 Å². The van der Waals surface area contributed by atoms with Gasteiger partial charge in [0.05, 0.1) is 23.2 Å². The lowest BCUT2D eigenvalue weighted by molar-refractivity contribution is 0.233. The summed E-state index contributed by atoms with van der Waals surface area (Å²) in [5.74, 6) is 1.30. The van der Waals surface area contributed by atoms with E-state index < -0.39 is 0 Å². The number of benzene rings is 2. The lowest BCUT2D eigenvalue weighted by Crippen LogP contribution is -2.24. The number of nitrogens with zero attached hydrogens (tertiary/aromatic N) is 3. The quantitative estimate of drug-likeness (QED) is 0.405. The Balaban J connectivity index is 1.77. The summed E-state index contributed by atoms with van der Waals surface area (Å²) in [5.41, 5.74) is 4.01. The van der Waals surface area contributed by atoms with Crippen molar-refractivity contribution in [2.75, 3.05) is 11.2 Å². The summed E-state index contributed by atoms with van der Waals surface area (Å²) in [4.78, 5) is 19.4. The van der Waals surface area contributed by atoms with E-state index in [1.807, 2.05) is 62.4 Å². The zero-order valence-electron chi connectivity index (χ0n) is 16.9. The van der Waals surface area contributed by atoms with Crippen molar-refractivity contribution in [1.29, 1.82) is 0 Å². The summed E-state index contributed by atoms with van der Waals surface area (Å²) >= 11 is 5.17. The van der Waals surface area contributed by atoms with Crippen molar-refractivity contribution in [2.45, 2.75) is 24.8 Å². The molecule has 1 aliphatic rings. The molecule has 8 heteroatoms. The lowest BCUT2D eigenvalue weighted by atomic mass is 10.1. The number of anilines is 1. The van der Waals surface area contributed by atoms with Crippen LogP contribution in [0.3, 0.4) is 0 Å². The highest BCUT2D eigenvalue weighted by molar-refractivity contribution is 9.10. The lowest BCUT2D eigenvalue weighted by Gasteiger charge is -2.14. The van der Waals surface area contributed by atoms with Crippen LogP contribution >= 0.6 is 27.7 Å². The molecule has 0 fully saturated rings. The van der Waals surface area contributed by atoms with E-state index in [9.17, 15) is 4.79 Å². The number of hydrogen-bond acceptors (Lipinski definition) is 6. The molecule has 5 rings (SSSR count). The zero-order valence-corrected chi connectivity index (χ0v) is 19.3. The van der Waals surface area contributed by atoms with Gasteiger partial charge in [-0.2, -0.15) is 9.78 Å². The first kappa shape index (κ1) is 20.1. The maximum absolute atomic E-state index is 13.7. The zero-order chi connectivity index (χ0) is 21.5. The molecule has 4 aromatic rings. The highest BCUT2D eigenvalue weighted by Crippen LogP contribution is 2.35. The molecule has 31 heavy (non-hydrogen) atoms. The van der Waals surface area contributed by atoms with Crippen molar-refractivity contribution in [2.24, 2.45) is 0 Å². The van der Waals surface area contributed by atoms with Gasteiger partial charge in [-0.15, -0.1) is 11.8 Å². The molecule has 0 saturated carbocycles. The van der Waals surface area contributed by atoms with Gasteiger partial charge in [-0.1, -0.05) is 28.1 Å². The Hall–Kier alpha value is -2.84. The molecular formula is C23H19BrN4O2S. The summed E-state index contributed by atoms with van der Waals surface area (Å²) in [5, 5.41) is 7.96. The summed E-state index contributed by atoms with van der Waals surface area (Å²) in [6, 6.07) is 17.2. The average Bonchev–Trinajstić information content (AvgIpc) is 3.22. The number of fused-ring (bicyclic) bond motifs is 2. The van der Waals surface area contributed by atoms with E-state index in [0.717, 1.165) is 32.2 Å². The van der Waals surface area contributed by atoms with Gasteiger partial charge in [0.2, 0.25) is 5.88 Å². The second kappa shape index (κ2) is 8.01. The third-order valence-electron chi connectivity index (χ3n) is 4.89. The minimum Gasteiger partial charge on any atom is -0.475 e. The van der Waals surface area contributed by atoms with Crippen molar-refractivity contribution in [3.8, 4) is 22.7 Å². The fourth-order valence-corrected chi connectivity index (χ4v) is 4.66. The van der Waals surface area contributed by atoms with Gasteiger partial charge < -0.3 is 10.1 Å². The maximum Gasteiger partial charge on any atom is 0.281 e. The van der Waals surface area contributed by atoms with Gasteiger partial charge in [0.25, 0.3) is 5.56 Å². The predicted octanol–water partition coefficient (Wildman–Crippen LogP) is 5.47. The highest BCUT2D eigenvalue weighted by Gasteiger charge is 2.19. The fourth-order valence-electron chi connectivity index (χ4n) is 3.52. The first-order valence-electron chi connectivity index (χ1n) is 9.87. The van der Waals surface area contributed by atoms with Gasteiger partial charge in [0, 0.05) is 21.1 Å². The molecule has 1 aliphatic heterocycles. The van der Waals surface area contributed by atoms with Crippen LogP contribution in [0.1, 0.15) is 13.8 Å². The molecule has 2 aromatic carbocycles. The largest absolute Gasteiger partial charge is 0.475 e. The Morgan fingerprint density at radius 1 is 1.13 bits per heavy atom. The van der Waals surface area contributed by atoms with E-state index in [-0.39, 0.29) is 11.7 Å². The summed E-state index contributed by atoms with van der Waals surface area (Å²) in [6.45, 7) is 3.89. The van der Waals surface area contributed by atoms with Gasteiger partial charge in [-0.05, 0) is 55.8 Å². The molecule has 0 atom stereocenters. The number of hydrogen-bond donors (Lipinski definition) is 1. The SMILES string of the molecule is CC(C)Oc1ccc2nn(-c3ccc4c(c3)SCN4)c(=O)c(-c3ccc(Br)cc3)c2n1. The maximum atomic E-state index is 13.7. The molecule has 0 aliphatic carbocycles. The average molecular weight is 495 g/mol. The van der Waals surface area contributed by atoms with Crippen LogP contribution in [0.5, 0.6) is 5.88 Å². The van der Waals surface area contributed by atoms with Crippen molar-refractivity contribution in [1.82, 2.24) is 14.8 Å². The van der Waals surface area contributed by atoms with Gasteiger partial charge in [-0.25, -0.2) is 4.98 Å². The van der Waals surface area contributed by atoms with Crippen molar-refractivity contribution < 1.29 is 4.74 Å². The Morgan fingerprint density at radius 3 is 2.71 bits per heavy atom. The Morgan fingerprint density at radius 2 is 1.94 bits per heavy atom. The number of halogens is 1. The summed E-state index contributed by atoms with van der Waals surface area (Å²) in [6.07, 6.45) is -0.0214. The van der Waals surface area contributed by atoms with Crippen molar-refractivity contribution in [3.63, 3.8) is 0 Å². The number of ether oxygens (including phenoxy) is 1. The molecule has 2 aromatic heterocycles. The third kappa shape index (κ3) is 3.81. The van der Waals surface area contributed by atoms with Crippen LogP contribution in [0, 0.1) is 0 Å². The number of aromatic nitrogens is 3. The van der Waals surface area contributed by atoms with E-state index >= 15 is 0 Å². The normalized spacial score (nSPS) is 12.8. The predicted molar refractivity (Wildman–Crippen MR) is 128 cm³/mol. The molecule has 0 bridgehead atoms. The minimum atomic E-state index is -0.222. The number of pyridine rings is 1. The molecule has 0 unspecified atom stereocenters. The summed E-state index contributed by atoms with van der Waals surface area (Å²) < 4.78 is 8.17. The first-order valence-corrected chi connectivity index (χ1v) is 11.7. The van der Waals surface area contributed by atoms with Crippen LogP contribution in [-0.4, -0.2) is 26.7 Å². The molecule has 1 N–H and O–H groups in total. The Bertz CT molecular complexity index is 1350. The standard InChI is InChI=1S/C23H19BrN4O2S/c1-13(2)30-20-10-9-18-22(26-20)21(14-3-5-15(24)6-4-14)23(29)28(27-18)16-7-8-17-19(11-16)31-12-25-17/h3-11,13,25H,12H2,1-2H3. The van der Waals surface area contributed by atoms with E-state index in [1.54, 1.807) is 17.8 Å². The molecule has 156 valence electrons. The van der Waals surface area contributed by atoms with Gasteiger partial charge >= 0.3 is 0 Å². The van der Waals surface area contributed by atoms with E-state index in [4.69, 9.17) is 4.74 Å². The second-order valence-electron chi connectivity index (χ2n) is 7.43. The fraction of sp³-hybridized carbons (Fsp3) is 0.174. The van der Waals surface area contributed by atoms with Gasteiger partial charge in [0.1, 0.15) is 11.0 Å². The molecule has 0 radical (unpaired) electrons. The van der Waals surface area contributed by atoms with Crippen LogP contribution in [0.4, 0.5) is 5.69 Å². The molecule has 0 spiro atoms. The van der Waals surface area contributed by atoms with E-state index in [1.165, 1.54) is 4.68 Å². The Kier molecular flexibility index (Phi) is 5.19. The van der Waals surface area contributed by atoms with Crippen LogP contribution in [0.25, 0.3) is 27.8 Å². The van der Waals surface area contributed by atoms with Crippen molar-refractivity contribution >= 4 is 44.4 Å². The molecular weight excluding hydrogens is 476 g/mol. The first-order chi connectivity index (χ1) is 15.0. The van der Waals surface area contributed by atoms with Crippen molar-refractivity contribution in [3.05, 3.63) is 69.4 Å². The third-order valence-corrected chi connectivity index (χ3v) is 6.35. The van der Waals surface area contributed by atoms with Crippen LogP contribution in [0.15, 0.2) is 68.8 Å². The van der Waals surface area contributed by atoms with Crippen LogP contribution in [0.2, 0.25) is 0 Å². The number of rotatable bonds is 4. The molecule has 6 nitrogen and oxygen atoms in total. The van der Waals surface area contributed by atoms with Gasteiger partial charge in [-0.3, -0.25) is 4.79 Å². The molecule has 0 amide bonds. The topological polar surface area (TPSA) is 69.0 Å².